The van der Waals surface area contributed by atoms with Gasteiger partial charge in [-0.3, -0.25) is 4.79 Å². The predicted octanol–water partition coefficient (Wildman–Crippen LogP) is 3.18. The van der Waals surface area contributed by atoms with Gasteiger partial charge in [0.2, 0.25) is 0 Å². The SMILES string of the molecule is CC1CCC2(CC1)CC(=O)c1cc(N)ccc1O2. The minimum atomic E-state index is -0.243. The molecule has 0 amide bonds. The fourth-order valence-electron chi connectivity index (χ4n) is 3.08. The third-order valence-corrected chi connectivity index (χ3v) is 4.30. The van der Waals surface area contributed by atoms with Gasteiger partial charge in [0, 0.05) is 5.69 Å². The van der Waals surface area contributed by atoms with Crippen molar-refractivity contribution in [1.82, 2.24) is 0 Å². The normalized spacial score (nSPS) is 30.9. The molecule has 0 aromatic heterocycles. The predicted molar refractivity (Wildman–Crippen MR) is 70.8 cm³/mol. The van der Waals surface area contributed by atoms with Gasteiger partial charge < -0.3 is 10.5 Å². The largest absolute Gasteiger partial charge is 0.486 e. The highest BCUT2D eigenvalue weighted by molar-refractivity contribution is 6.01. The lowest BCUT2D eigenvalue weighted by atomic mass is 9.75. The van der Waals surface area contributed by atoms with E-state index >= 15 is 0 Å². The molecule has 1 heterocycles. The van der Waals surface area contributed by atoms with Crippen LogP contribution in [0.5, 0.6) is 5.75 Å². The highest BCUT2D eigenvalue weighted by Crippen LogP contribution is 2.43. The molecule has 0 atom stereocenters. The summed E-state index contributed by atoms with van der Waals surface area (Å²) < 4.78 is 6.16. The molecule has 1 saturated carbocycles. The van der Waals surface area contributed by atoms with E-state index in [2.05, 4.69) is 6.92 Å². The molecule has 3 nitrogen and oxygen atoms in total. The highest BCUT2D eigenvalue weighted by Gasteiger charge is 2.42. The maximum absolute atomic E-state index is 12.3. The molecule has 0 bridgehead atoms. The molecular formula is C15H19NO2. The maximum Gasteiger partial charge on any atom is 0.170 e. The second kappa shape index (κ2) is 4.01. The first-order valence-electron chi connectivity index (χ1n) is 6.70. The average Bonchev–Trinajstić information content (AvgIpc) is 2.35. The summed E-state index contributed by atoms with van der Waals surface area (Å²) in [6.45, 7) is 2.27. The summed E-state index contributed by atoms with van der Waals surface area (Å²) >= 11 is 0. The zero-order chi connectivity index (χ0) is 12.8. The molecule has 18 heavy (non-hydrogen) atoms. The fourth-order valence-corrected chi connectivity index (χ4v) is 3.08. The van der Waals surface area contributed by atoms with Crippen molar-refractivity contribution < 1.29 is 9.53 Å². The van der Waals surface area contributed by atoms with Gasteiger partial charge in [-0.05, 0) is 49.8 Å². The number of carbonyl (C=O) groups excluding carboxylic acids is 1. The molecule has 1 aromatic rings. The Balaban J connectivity index is 1.92. The number of ketones is 1. The summed E-state index contributed by atoms with van der Waals surface area (Å²) in [7, 11) is 0. The van der Waals surface area contributed by atoms with Gasteiger partial charge in [-0.15, -0.1) is 0 Å². The summed E-state index contributed by atoms with van der Waals surface area (Å²) in [6.07, 6.45) is 4.79. The summed E-state index contributed by atoms with van der Waals surface area (Å²) in [5, 5.41) is 0. The van der Waals surface area contributed by atoms with Crippen molar-refractivity contribution in [3.63, 3.8) is 0 Å². The van der Waals surface area contributed by atoms with Crippen LogP contribution < -0.4 is 10.5 Å². The number of hydrogen-bond donors (Lipinski definition) is 1. The lowest BCUT2D eigenvalue weighted by Gasteiger charge is -2.42. The number of hydrogen-bond acceptors (Lipinski definition) is 3. The van der Waals surface area contributed by atoms with E-state index in [4.69, 9.17) is 10.5 Å². The van der Waals surface area contributed by atoms with Crippen molar-refractivity contribution in [1.29, 1.82) is 0 Å². The Hall–Kier alpha value is -1.51. The van der Waals surface area contributed by atoms with Crippen LogP contribution in [0.3, 0.4) is 0 Å². The van der Waals surface area contributed by atoms with E-state index < -0.39 is 0 Å². The lowest BCUT2D eigenvalue weighted by molar-refractivity contribution is 0.00405. The number of rotatable bonds is 0. The number of nitrogen functional groups attached to an aromatic ring is 1. The van der Waals surface area contributed by atoms with Gasteiger partial charge in [-0.25, -0.2) is 0 Å². The van der Waals surface area contributed by atoms with Crippen LogP contribution in [0.25, 0.3) is 0 Å². The standard InChI is InChI=1S/C15H19NO2/c1-10-4-6-15(7-5-10)9-13(17)12-8-11(16)2-3-14(12)18-15/h2-3,8,10H,4-7,9,16H2,1H3. The van der Waals surface area contributed by atoms with E-state index in [1.165, 1.54) is 0 Å². The molecule has 0 unspecified atom stereocenters. The van der Waals surface area contributed by atoms with Gasteiger partial charge in [0.05, 0.1) is 12.0 Å². The minimum Gasteiger partial charge on any atom is -0.486 e. The first-order chi connectivity index (χ1) is 8.58. The molecule has 1 fully saturated rings. The molecular weight excluding hydrogens is 226 g/mol. The van der Waals surface area contributed by atoms with Crippen molar-refractivity contribution in [3.05, 3.63) is 23.8 Å². The van der Waals surface area contributed by atoms with Gasteiger partial charge in [0.25, 0.3) is 0 Å². The lowest BCUT2D eigenvalue weighted by Crippen LogP contribution is -2.44. The molecule has 1 spiro atoms. The molecule has 2 N–H and O–H groups in total. The number of nitrogens with two attached hydrogens (primary N) is 1. The van der Waals surface area contributed by atoms with Crippen LogP contribution in [-0.4, -0.2) is 11.4 Å². The van der Waals surface area contributed by atoms with Gasteiger partial charge >= 0.3 is 0 Å². The van der Waals surface area contributed by atoms with Crippen molar-refractivity contribution in [3.8, 4) is 5.75 Å². The minimum absolute atomic E-state index is 0.179. The smallest absolute Gasteiger partial charge is 0.170 e. The first kappa shape index (κ1) is 11.6. The number of fused-ring (bicyclic) bond motifs is 1. The number of anilines is 1. The fraction of sp³-hybridized carbons (Fsp3) is 0.533. The van der Waals surface area contributed by atoms with E-state index in [1.807, 2.05) is 6.07 Å². The summed E-state index contributed by atoms with van der Waals surface area (Å²) in [4.78, 5) is 12.3. The monoisotopic (exact) mass is 245 g/mol. The van der Waals surface area contributed by atoms with Crippen LogP contribution >= 0.6 is 0 Å². The molecule has 3 heteroatoms. The van der Waals surface area contributed by atoms with E-state index in [9.17, 15) is 4.79 Å². The molecule has 1 aliphatic carbocycles. The number of ether oxygens (including phenoxy) is 1. The second-order valence-electron chi connectivity index (χ2n) is 5.82. The molecule has 3 rings (SSSR count). The van der Waals surface area contributed by atoms with E-state index in [1.54, 1.807) is 12.1 Å². The van der Waals surface area contributed by atoms with Gasteiger partial charge in [-0.1, -0.05) is 6.92 Å². The van der Waals surface area contributed by atoms with Crippen LogP contribution in [0.1, 0.15) is 49.4 Å². The maximum atomic E-state index is 12.3. The Morgan fingerprint density at radius 2 is 2.06 bits per heavy atom. The Labute approximate surface area is 107 Å². The molecule has 1 aliphatic heterocycles. The van der Waals surface area contributed by atoms with Gasteiger partial charge in [0.1, 0.15) is 11.4 Å². The zero-order valence-electron chi connectivity index (χ0n) is 10.7. The number of carbonyl (C=O) groups is 1. The zero-order valence-corrected chi connectivity index (χ0v) is 10.7. The van der Waals surface area contributed by atoms with Crippen molar-refractivity contribution in [2.45, 2.75) is 44.6 Å². The van der Waals surface area contributed by atoms with E-state index in [0.717, 1.165) is 37.4 Å². The number of benzene rings is 1. The summed E-state index contributed by atoms with van der Waals surface area (Å²) in [6, 6.07) is 5.37. The summed E-state index contributed by atoms with van der Waals surface area (Å²) in [5.74, 6) is 1.65. The Kier molecular flexibility index (Phi) is 2.58. The Morgan fingerprint density at radius 3 is 2.78 bits per heavy atom. The third kappa shape index (κ3) is 1.88. The molecule has 0 radical (unpaired) electrons. The van der Waals surface area contributed by atoms with Gasteiger partial charge in [0.15, 0.2) is 5.78 Å². The molecule has 2 aliphatic rings. The summed E-state index contributed by atoms with van der Waals surface area (Å²) in [5.41, 5.74) is 6.76. The number of Topliss-reactive ketones (excluding diaryl/α,β-unsaturated/α-hetero) is 1. The van der Waals surface area contributed by atoms with E-state index in [0.29, 0.717) is 17.7 Å². The van der Waals surface area contributed by atoms with Crippen LogP contribution in [-0.2, 0) is 0 Å². The van der Waals surface area contributed by atoms with Crippen molar-refractivity contribution in [2.75, 3.05) is 5.73 Å². The quantitative estimate of drug-likeness (QED) is 0.714. The van der Waals surface area contributed by atoms with Crippen LogP contribution in [0.4, 0.5) is 5.69 Å². The third-order valence-electron chi connectivity index (χ3n) is 4.30. The van der Waals surface area contributed by atoms with Gasteiger partial charge in [-0.2, -0.15) is 0 Å². The van der Waals surface area contributed by atoms with Crippen LogP contribution in [0.2, 0.25) is 0 Å². The van der Waals surface area contributed by atoms with Crippen molar-refractivity contribution >= 4 is 11.5 Å². The molecule has 0 saturated heterocycles. The topological polar surface area (TPSA) is 52.3 Å². The van der Waals surface area contributed by atoms with Crippen molar-refractivity contribution in [2.24, 2.45) is 5.92 Å². The van der Waals surface area contributed by atoms with Crippen LogP contribution in [0.15, 0.2) is 18.2 Å². The molecule has 96 valence electrons. The second-order valence-corrected chi connectivity index (χ2v) is 5.82. The van der Waals surface area contributed by atoms with E-state index in [-0.39, 0.29) is 11.4 Å². The highest BCUT2D eigenvalue weighted by atomic mass is 16.5. The average molecular weight is 245 g/mol. The first-order valence-corrected chi connectivity index (χ1v) is 6.70. The van der Waals surface area contributed by atoms with Crippen LogP contribution in [0, 0.1) is 5.92 Å². The Morgan fingerprint density at radius 1 is 1.33 bits per heavy atom. The Bertz CT molecular complexity index is 487. The molecule has 1 aromatic carbocycles.